The molecule has 0 aliphatic heterocycles. The first-order chi connectivity index (χ1) is 12.9. The van der Waals surface area contributed by atoms with Gasteiger partial charge in [-0.1, -0.05) is 23.7 Å². The zero-order chi connectivity index (χ0) is 19.4. The molecule has 27 heavy (non-hydrogen) atoms. The number of hydrogen-bond acceptors (Lipinski definition) is 4. The number of carbonyl (C=O) groups is 1. The van der Waals surface area contributed by atoms with Crippen LogP contribution in [0, 0.1) is 6.92 Å². The number of amides is 1. The van der Waals surface area contributed by atoms with Gasteiger partial charge in [0.2, 0.25) is 11.9 Å². The SMILES string of the molecule is CC(=O)Nc1ccc(Nc2nc(C)c(Cc3ccc(Cl)cc3)c(=O)[nH]2)cc1. The van der Waals surface area contributed by atoms with Gasteiger partial charge in [-0.15, -0.1) is 0 Å². The van der Waals surface area contributed by atoms with Crippen LogP contribution in [-0.4, -0.2) is 15.9 Å². The number of aromatic amines is 1. The molecule has 0 saturated heterocycles. The van der Waals surface area contributed by atoms with Crippen LogP contribution in [0.4, 0.5) is 17.3 Å². The van der Waals surface area contributed by atoms with Crippen molar-refractivity contribution in [2.24, 2.45) is 0 Å². The Morgan fingerprint density at radius 3 is 2.30 bits per heavy atom. The number of nitrogens with zero attached hydrogens (tertiary/aromatic N) is 1. The van der Waals surface area contributed by atoms with E-state index in [0.29, 0.717) is 34.3 Å². The third-order valence-electron chi connectivity index (χ3n) is 3.98. The van der Waals surface area contributed by atoms with Crippen molar-refractivity contribution in [3.8, 4) is 0 Å². The third-order valence-corrected chi connectivity index (χ3v) is 4.24. The molecule has 3 aromatic rings. The van der Waals surface area contributed by atoms with Crippen molar-refractivity contribution in [3.05, 3.63) is 80.7 Å². The summed E-state index contributed by atoms with van der Waals surface area (Å²) in [5, 5.41) is 6.43. The van der Waals surface area contributed by atoms with E-state index in [0.717, 1.165) is 11.3 Å². The van der Waals surface area contributed by atoms with E-state index in [1.807, 2.05) is 19.1 Å². The third kappa shape index (κ3) is 4.95. The monoisotopic (exact) mass is 382 g/mol. The Bertz CT molecular complexity index is 1010. The summed E-state index contributed by atoms with van der Waals surface area (Å²) in [4.78, 5) is 30.8. The Balaban J connectivity index is 1.77. The summed E-state index contributed by atoms with van der Waals surface area (Å²) in [6.07, 6.45) is 0.483. The van der Waals surface area contributed by atoms with Crippen molar-refractivity contribution in [2.45, 2.75) is 20.3 Å². The summed E-state index contributed by atoms with van der Waals surface area (Å²) in [7, 11) is 0. The predicted molar refractivity (Wildman–Crippen MR) is 108 cm³/mol. The van der Waals surface area contributed by atoms with Crippen molar-refractivity contribution >= 4 is 34.8 Å². The number of benzene rings is 2. The molecule has 3 rings (SSSR count). The van der Waals surface area contributed by atoms with E-state index in [1.165, 1.54) is 6.92 Å². The average Bonchev–Trinajstić information content (AvgIpc) is 2.61. The lowest BCUT2D eigenvalue weighted by Gasteiger charge is -2.10. The zero-order valence-corrected chi connectivity index (χ0v) is 15.7. The molecule has 0 fully saturated rings. The van der Waals surface area contributed by atoms with Crippen LogP contribution in [0.25, 0.3) is 0 Å². The second-order valence-corrected chi connectivity index (χ2v) is 6.60. The van der Waals surface area contributed by atoms with E-state index in [1.54, 1.807) is 36.4 Å². The predicted octanol–water partition coefficient (Wildman–Crippen LogP) is 4.02. The molecule has 3 N–H and O–H groups in total. The first-order valence-corrected chi connectivity index (χ1v) is 8.77. The van der Waals surface area contributed by atoms with Crippen LogP contribution in [0.1, 0.15) is 23.7 Å². The Labute approximate surface area is 161 Å². The van der Waals surface area contributed by atoms with Crippen LogP contribution in [0.2, 0.25) is 5.02 Å². The Hall–Kier alpha value is -3.12. The molecule has 0 bridgehead atoms. The zero-order valence-electron chi connectivity index (χ0n) is 15.0. The number of rotatable bonds is 5. The minimum atomic E-state index is -0.185. The molecule has 0 radical (unpaired) electrons. The molecule has 0 unspecified atom stereocenters. The summed E-state index contributed by atoms with van der Waals surface area (Å²) in [6, 6.07) is 14.5. The fraction of sp³-hybridized carbons (Fsp3) is 0.150. The Morgan fingerprint density at radius 2 is 1.70 bits per heavy atom. The summed E-state index contributed by atoms with van der Waals surface area (Å²) in [5.74, 6) is 0.234. The van der Waals surface area contributed by atoms with E-state index < -0.39 is 0 Å². The molecule has 2 aromatic carbocycles. The van der Waals surface area contributed by atoms with Crippen molar-refractivity contribution in [3.63, 3.8) is 0 Å². The molecule has 0 spiro atoms. The molecule has 0 aliphatic rings. The second-order valence-electron chi connectivity index (χ2n) is 6.17. The molecule has 138 valence electrons. The number of carbonyl (C=O) groups excluding carboxylic acids is 1. The minimum absolute atomic E-state index is 0.131. The first kappa shape index (κ1) is 18.7. The van der Waals surface area contributed by atoms with Gasteiger partial charge in [0.25, 0.3) is 5.56 Å². The average molecular weight is 383 g/mol. The van der Waals surface area contributed by atoms with Gasteiger partial charge in [-0.3, -0.25) is 14.6 Å². The number of anilines is 3. The van der Waals surface area contributed by atoms with E-state index in [-0.39, 0.29) is 11.5 Å². The van der Waals surface area contributed by atoms with Crippen LogP contribution in [-0.2, 0) is 11.2 Å². The van der Waals surface area contributed by atoms with Gasteiger partial charge >= 0.3 is 0 Å². The molecule has 1 amide bonds. The van der Waals surface area contributed by atoms with Crippen molar-refractivity contribution in [1.29, 1.82) is 0 Å². The minimum Gasteiger partial charge on any atom is -0.326 e. The second kappa shape index (κ2) is 8.05. The van der Waals surface area contributed by atoms with Crippen LogP contribution in [0.3, 0.4) is 0 Å². The van der Waals surface area contributed by atoms with Gasteiger partial charge in [0.05, 0.1) is 5.69 Å². The molecule has 1 aromatic heterocycles. The van der Waals surface area contributed by atoms with Crippen molar-refractivity contribution in [1.82, 2.24) is 9.97 Å². The van der Waals surface area contributed by atoms with Gasteiger partial charge < -0.3 is 10.6 Å². The lowest BCUT2D eigenvalue weighted by molar-refractivity contribution is -0.114. The van der Waals surface area contributed by atoms with E-state index in [4.69, 9.17) is 11.6 Å². The first-order valence-electron chi connectivity index (χ1n) is 8.39. The van der Waals surface area contributed by atoms with Gasteiger partial charge in [-0.25, -0.2) is 4.98 Å². The smallest absolute Gasteiger partial charge is 0.256 e. The van der Waals surface area contributed by atoms with Gasteiger partial charge in [-0.2, -0.15) is 0 Å². The molecule has 1 heterocycles. The quantitative estimate of drug-likeness (QED) is 0.621. The lowest BCUT2D eigenvalue weighted by Crippen LogP contribution is -2.18. The normalized spacial score (nSPS) is 10.5. The number of aryl methyl sites for hydroxylation is 1. The molecule has 7 heteroatoms. The molecule has 0 atom stereocenters. The summed E-state index contributed by atoms with van der Waals surface area (Å²) < 4.78 is 0. The highest BCUT2D eigenvalue weighted by Crippen LogP contribution is 2.18. The van der Waals surface area contributed by atoms with Crippen LogP contribution < -0.4 is 16.2 Å². The maximum Gasteiger partial charge on any atom is 0.256 e. The lowest BCUT2D eigenvalue weighted by atomic mass is 10.1. The molecule has 0 saturated carbocycles. The van der Waals surface area contributed by atoms with E-state index in [2.05, 4.69) is 20.6 Å². The summed E-state index contributed by atoms with van der Waals surface area (Å²) in [6.45, 7) is 3.26. The van der Waals surface area contributed by atoms with Crippen LogP contribution in [0.5, 0.6) is 0 Å². The standard InChI is InChI=1S/C20H19ClN4O2/c1-12-18(11-14-3-5-15(21)6-4-14)19(27)25-20(22-12)24-17-9-7-16(8-10-17)23-13(2)26/h3-10H,11H2,1-2H3,(H,23,26)(H2,22,24,25,27). The maximum atomic E-state index is 12.5. The topological polar surface area (TPSA) is 86.9 Å². The van der Waals surface area contributed by atoms with E-state index >= 15 is 0 Å². The van der Waals surface area contributed by atoms with Crippen LogP contribution >= 0.6 is 11.6 Å². The number of halogens is 1. The molecular formula is C20H19ClN4O2. The van der Waals surface area contributed by atoms with Gasteiger partial charge in [-0.05, 0) is 48.9 Å². The van der Waals surface area contributed by atoms with Gasteiger partial charge in [0.15, 0.2) is 0 Å². The number of nitrogens with one attached hydrogen (secondary N) is 3. The molecular weight excluding hydrogens is 364 g/mol. The Morgan fingerprint density at radius 1 is 1.07 bits per heavy atom. The van der Waals surface area contributed by atoms with Crippen molar-refractivity contribution in [2.75, 3.05) is 10.6 Å². The highest BCUT2D eigenvalue weighted by atomic mass is 35.5. The summed E-state index contributed by atoms with van der Waals surface area (Å²) in [5.41, 5.74) is 3.52. The fourth-order valence-corrected chi connectivity index (χ4v) is 2.79. The maximum absolute atomic E-state index is 12.5. The number of H-pyrrole nitrogens is 1. The highest BCUT2D eigenvalue weighted by molar-refractivity contribution is 6.30. The Kier molecular flexibility index (Phi) is 5.57. The highest BCUT2D eigenvalue weighted by Gasteiger charge is 2.09. The fourth-order valence-electron chi connectivity index (χ4n) is 2.66. The van der Waals surface area contributed by atoms with Gasteiger partial charge in [0, 0.05) is 35.3 Å². The van der Waals surface area contributed by atoms with Gasteiger partial charge in [0.1, 0.15) is 0 Å². The van der Waals surface area contributed by atoms with Crippen molar-refractivity contribution < 1.29 is 4.79 Å². The largest absolute Gasteiger partial charge is 0.326 e. The molecule has 6 nitrogen and oxygen atoms in total. The number of aromatic nitrogens is 2. The van der Waals surface area contributed by atoms with Crippen LogP contribution in [0.15, 0.2) is 53.3 Å². The summed E-state index contributed by atoms with van der Waals surface area (Å²) >= 11 is 5.90. The number of hydrogen-bond donors (Lipinski definition) is 3. The van der Waals surface area contributed by atoms with E-state index in [9.17, 15) is 9.59 Å². The molecule has 0 aliphatic carbocycles.